The summed E-state index contributed by atoms with van der Waals surface area (Å²) >= 11 is 0. The topological polar surface area (TPSA) is 160 Å². The first-order chi connectivity index (χ1) is 26.2. The number of rotatable bonds is 15. The Bertz CT molecular complexity index is 1190. The van der Waals surface area contributed by atoms with Gasteiger partial charge in [-0.3, -0.25) is 9.59 Å². The summed E-state index contributed by atoms with van der Waals surface area (Å²) in [5, 5.41) is 5.94. The second kappa shape index (κ2) is 30.4. The van der Waals surface area contributed by atoms with Crippen molar-refractivity contribution in [3.8, 4) is 0 Å². The molecule has 2 fully saturated rings. The molecule has 318 valence electrons. The van der Waals surface area contributed by atoms with E-state index in [9.17, 15) is 14.4 Å². The molecule has 14 nitrogen and oxygen atoms in total. The Morgan fingerprint density at radius 3 is 2.07 bits per heavy atom. The minimum absolute atomic E-state index is 0.0263. The summed E-state index contributed by atoms with van der Waals surface area (Å²) in [7, 11) is 8.83. The van der Waals surface area contributed by atoms with Crippen molar-refractivity contribution < 1.29 is 33.6 Å². The number of guanidine groups is 1. The van der Waals surface area contributed by atoms with Crippen LogP contribution in [0.2, 0.25) is 0 Å². The smallest absolute Gasteiger partial charge is 0.244 e. The van der Waals surface area contributed by atoms with Gasteiger partial charge in [-0.1, -0.05) is 83.4 Å². The molecular formula is C40H76N7O7P. The van der Waals surface area contributed by atoms with Crippen molar-refractivity contribution >= 4 is 32.4 Å². The second-order valence-corrected chi connectivity index (χ2v) is 15.4. The lowest BCUT2D eigenvalue weighted by atomic mass is 9.90. The van der Waals surface area contributed by atoms with Crippen molar-refractivity contribution in [2.24, 2.45) is 16.8 Å². The first-order valence-corrected chi connectivity index (χ1v) is 21.2. The zero-order valence-electron chi connectivity index (χ0n) is 36.0. The molecular weight excluding hydrogens is 721 g/mol. The van der Waals surface area contributed by atoms with E-state index < -0.39 is 14.5 Å². The summed E-state index contributed by atoms with van der Waals surface area (Å²) in [4.78, 5) is 67.1. The minimum Gasteiger partial charge on any atom is -0.379 e. The van der Waals surface area contributed by atoms with E-state index in [1.807, 2.05) is 49.0 Å². The van der Waals surface area contributed by atoms with Gasteiger partial charge >= 0.3 is 0 Å². The van der Waals surface area contributed by atoms with Crippen LogP contribution < -0.4 is 10.6 Å². The lowest BCUT2D eigenvalue weighted by Crippen LogP contribution is -2.53. The highest BCUT2D eigenvalue weighted by molar-refractivity contribution is 7.44. The molecule has 55 heavy (non-hydrogen) atoms. The molecule has 1 aromatic carbocycles. The average Bonchev–Trinajstić information content (AvgIpc) is 3.65. The van der Waals surface area contributed by atoms with E-state index >= 15 is 0 Å². The lowest BCUT2D eigenvalue weighted by molar-refractivity contribution is -0.144. The van der Waals surface area contributed by atoms with Crippen molar-refractivity contribution in [3.05, 3.63) is 35.9 Å². The third kappa shape index (κ3) is 19.8. The van der Waals surface area contributed by atoms with Gasteiger partial charge in [-0.15, -0.1) is 0 Å². The monoisotopic (exact) mass is 798 g/mol. The van der Waals surface area contributed by atoms with Gasteiger partial charge in [0.15, 0.2) is 14.3 Å². The summed E-state index contributed by atoms with van der Waals surface area (Å²) in [5.74, 6) is 0.456. The van der Waals surface area contributed by atoms with Crippen molar-refractivity contribution in [2.45, 2.75) is 97.9 Å². The highest BCUT2D eigenvalue weighted by Gasteiger charge is 2.40. The maximum Gasteiger partial charge on any atom is 0.244 e. The Labute approximate surface area is 334 Å². The van der Waals surface area contributed by atoms with Gasteiger partial charge in [0, 0.05) is 74.0 Å². The third-order valence-corrected chi connectivity index (χ3v) is 10.1. The fourth-order valence-electron chi connectivity index (χ4n) is 6.60. The summed E-state index contributed by atoms with van der Waals surface area (Å²) in [6.45, 7) is 16.4. The Hall–Kier alpha value is -2.71. The van der Waals surface area contributed by atoms with Gasteiger partial charge in [-0.05, 0) is 32.7 Å². The lowest BCUT2D eigenvalue weighted by Gasteiger charge is -2.39. The SMILES string of the molecule is CCC.CCC(C)C(C(CC(=O)N1CCCC1C(OC)C(C)C=O)OC)N(C)C(=O)CN=C(N(C)C)N1CCNCC1.CNCP(O)O.Cc1ccccc1. The Kier molecular flexibility index (Phi) is 28.9. The molecule has 2 heterocycles. The predicted molar refractivity (Wildman–Crippen MR) is 225 cm³/mol. The number of carbonyl (C=O) groups is 3. The summed E-state index contributed by atoms with van der Waals surface area (Å²) in [5.41, 5.74) is 1.32. The van der Waals surface area contributed by atoms with Crippen LogP contribution in [0.4, 0.5) is 0 Å². The number of aryl methyl sites for hydroxylation is 1. The van der Waals surface area contributed by atoms with Crippen molar-refractivity contribution in [2.75, 3.05) is 88.0 Å². The van der Waals surface area contributed by atoms with E-state index in [1.54, 1.807) is 33.2 Å². The number of methoxy groups -OCH3 is 2. The van der Waals surface area contributed by atoms with E-state index in [-0.39, 0.29) is 54.8 Å². The van der Waals surface area contributed by atoms with Crippen molar-refractivity contribution in [1.29, 1.82) is 0 Å². The fourth-order valence-corrected chi connectivity index (χ4v) is 6.88. The van der Waals surface area contributed by atoms with E-state index in [2.05, 4.69) is 62.3 Å². The van der Waals surface area contributed by atoms with Crippen LogP contribution in [0.3, 0.4) is 0 Å². The highest BCUT2D eigenvalue weighted by Crippen LogP contribution is 2.28. The number of aldehydes is 1. The number of likely N-dealkylation sites (tertiary alicyclic amines) is 1. The standard InChI is InChI=1S/C28H52N6O5.C7H8.C3H8.C2H8NO2P/c1-9-20(2)26(32(6)25(37)18-30-28(31(4)5)33-15-12-29-13-16-33)23(38-7)17-24(36)34-14-10-11-22(34)27(39-8)21(3)19-35;1-7-5-3-2-4-6-7;1-3-2;1-3-2-6(4)5/h19-23,26-27,29H,9-18H2,1-8H3;2-6H,1H3;3H2,1-2H3;3-5H,2H2,1H3. The molecule has 15 heteroatoms. The van der Waals surface area contributed by atoms with Crippen LogP contribution in [0.15, 0.2) is 35.3 Å². The Balaban J connectivity index is 0.00000150. The summed E-state index contributed by atoms with van der Waals surface area (Å²) in [6.07, 6.45) is 4.27. The van der Waals surface area contributed by atoms with Crippen LogP contribution in [-0.2, 0) is 23.9 Å². The molecule has 2 saturated heterocycles. The number of piperazine rings is 1. The fraction of sp³-hybridized carbons (Fsp3) is 0.750. The zero-order valence-corrected chi connectivity index (χ0v) is 36.9. The molecule has 1 aromatic rings. The Morgan fingerprint density at radius 2 is 1.65 bits per heavy atom. The molecule has 2 amide bonds. The van der Waals surface area contributed by atoms with E-state index in [1.165, 1.54) is 12.0 Å². The molecule has 6 atom stereocenters. The van der Waals surface area contributed by atoms with Gasteiger partial charge in [0.2, 0.25) is 11.8 Å². The summed E-state index contributed by atoms with van der Waals surface area (Å²) < 4.78 is 11.5. The molecule has 2 aliphatic rings. The van der Waals surface area contributed by atoms with Gasteiger partial charge in [-0.2, -0.15) is 0 Å². The zero-order chi connectivity index (χ0) is 41.9. The van der Waals surface area contributed by atoms with Crippen molar-refractivity contribution in [3.63, 3.8) is 0 Å². The number of hydrogen-bond acceptors (Lipinski definition) is 10. The van der Waals surface area contributed by atoms with Crippen LogP contribution >= 0.6 is 8.38 Å². The molecule has 4 N–H and O–H groups in total. The molecule has 0 aliphatic carbocycles. The normalized spacial score (nSPS) is 18.2. The van der Waals surface area contributed by atoms with E-state index in [4.69, 9.17) is 24.3 Å². The number of carbonyl (C=O) groups excluding carboxylic acids is 3. The summed E-state index contributed by atoms with van der Waals surface area (Å²) in [6, 6.07) is 9.82. The largest absolute Gasteiger partial charge is 0.379 e. The minimum atomic E-state index is -1.71. The third-order valence-electron chi connectivity index (χ3n) is 9.53. The number of ether oxygens (including phenoxy) is 2. The second-order valence-electron chi connectivity index (χ2n) is 14.3. The number of aliphatic imine (C=N–C) groups is 1. The molecule has 0 saturated carbocycles. The van der Waals surface area contributed by atoms with Crippen LogP contribution in [-0.4, -0.2) is 166 Å². The first-order valence-electron chi connectivity index (χ1n) is 19.7. The quantitative estimate of drug-likeness (QED) is 0.0886. The van der Waals surface area contributed by atoms with Gasteiger partial charge < -0.3 is 54.3 Å². The molecule has 0 spiro atoms. The molecule has 6 unspecified atom stereocenters. The molecule has 3 rings (SSSR count). The van der Waals surface area contributed by atoms with E-state index in [0.29, 0.717) is 12.8 Å². The number of nitrogens with zero attached hydrogens (tertiary/aromatic N) is 5. The highest BCUT2D eigenvalue weighted by atomic mass is 31.2. The van der Waals surface area contributed by atoms with Gasteiger partial charge in [0.1, 0.15) is 12.8 Å². The van der Waals surface area contributed by atoms with Crippen LogP contribution in [0, 0.1) is 18.8 Å². The molecule has 0 bridgehead atoms. The Morgan fingerprint density at radius 1 is 1.05 bits per heavy atom. The van der Waals surface area contributed by atoms with Crippen molar-refractivity contribution in [1.82, 2.24) is 30.2 Å². The predicted octanol–water partition coefficient (Wildman–Crippen LogP) is 3.80. The van der Waals surface area contributed by atoms with E-state index in [0.717, 1.165) is 57.7 Å². The number of nitrogens with one attached hydrogen (secondary N) is 2. The maximum atomic E-state index is 13.6. The number of hydrogen-bond donors (Lipinski definition) is 4. The first kappa shape index (κ1) is 52.3. The van der Waals surface area contributed by atoms with Gasteiger partial charge in [-0.25, -0.2) is 4.99 Å². The van der Waals surface area contributed by atoms with Gasteiger partial charge in [0.25, 0.3) is 0 Å². The molecule has 0 radical (unpaired) electrons. The average molecular weight is 798 g/mol. The van der Waals surface area contributed by atoms with Gasteiger partial charge in [0.05, 0.1) is 37.0 Å². The maximum absolute atomic E-state index is 13.6. The molecule has 0 aromatic heterocycles. The number of amides is 2. The van der Waals surface area contributed by atoms with Crippen LogP contribution in [0.5, 0.6) is 0 Å². The number of benzene rings is 1. The van der Waals surface area contributed by atoms with Crippen LogP contribution in [0.1, 0.15) is 72.3 Å². The number of likely N-dealkylation sites (N-methyl/N-ethyl adjacent to an activating group) is 1. The van der Waals surface area contributed by atoms with Crippen LogP contribution in [0.25, 0.3) is 0 Å². The molecule has 2 aliphatic heterocycles.